The Hall–Kier alpha value is -3.10. The molecule has 8 heteroatoms. The number of thiophene rings is 1. The molecule has 146 valence electrons. The van der Waals surface area contributed by atoms with Crippen LogP contribution in [0.4, 0.5) is 5.13 Å². The number of hydrogen-bond acceptors (Lipinski definition) is 6. The zero-order valence-corrected chi connectivity index (χ0v) is 17.2. The Bertz CT molecular complexity index is 1210. The summed E-state index contributed by atoms with van der Waals surface area (Å²) in [6.07, 6.45) is 3.35. The summed E-state index contributed by atoms with van der Waals surface area (Å²) < 4.78 is 1.48. The normalized spacial score (nSPS) is 10.9. The van der Waals surface area contributed by atoms with Crippen LogP contribution in [0.1, 0.15) is 6.42 Å². The fourth-order valence-corrected chi connectivity index (χ4v) is 4.53. The van der Waals surface area contributed by atoms with Gasteiger partial charge in [-0.1, -0.05) is 36.4 Å². The van der Waals surface area contributed by atoms with Gasteiger partial charge in [0.1, 0.15) is 4.83 Å². The molecule has 0 unspecified atom stereocenters. The minimum atomic E-state index is -0.125. The van der Waals surface area contributed by atoms with Gasteiger partial charge in [-0.05, 0) is 11.4 Å². The van der Waals surface area contributed by atoms with Crippen LogP contribution in [0.5, 0.6) is 0 Å². The van der Waals surface area contributed by atoms with Gasteiger partial charge in [0.25, 0.3) is 5.56 Å². The number of hydrogen-bond donors (Lipinski definition) is 0. The first-order chi connectivity index (χ1) is 14.2. The van der Waals surface area contributed by atoms with Crippen LogP contribution in [0.3, 0.4) is 0 Å². The van der Waals surface area contributed by atoms with E-state index in [4.69, 9.17) is 0 Å². The second-order valence-corrected chi connectivity index (χ2v) is 8.04. The van der Waals surface area contributed by atoms with Gasteiger partial charge in [0.15, 0.2) is 5.13 Å². The minimum Gasteiger partial charge on any atom is -0.298 e. The van der Waals surface area contributed by atoms with Crippen molar-refractivity contribution in [2.24, 2.45) is 0 Å². The monoisotopic (exact) mass is 422 g/mol. The number of carbonyl (C=O) groups excluding carboxylic acids is 1. The van der Waals surface area contributed by atoms with Crippen molar-refractivity contribution in [3.8, 4) is 11.3 Å². The molecule has 0 radical (unpaired) electrons. The van der Waals surface area contributed by atoms with Gasteiger partial charge in [-0.2, -0.15) is 0 Å². The second kappa shape index (κ2) is 8.50. The molecular weight excluding hydrogens is 404 g/mol. The predicted molar refractivity (Wildman–Crippen MR) is 119 cm³/mol. The van der Waals surface area contributed by atoms with Crippen molar-refractivity contribution in [2.45, 2.75) is 13.0 Å². The Labute approximate surface area is 175 Å². The lowest BCUT2D eigenvalue weighted by Crippen LogP contribution is -2.32. The molecule has 4 rings (SSSR count). The van der Waals surface area contributed by atoms with E-state index in [1.807, 2.05) is 41.1 Å². The molecule has 0 aliphatic rings. The standard InChI is InChI=1S/C21H18N4O2S2/c1-2-10-25(21-23-17(13-29-21)15-6-4-3-5-7-15)18(26)8-11-24-14-22-19-16(20(24)27)9-12-28-19/h2-7,9,12-14H,1,8,10-11H2. The summed E-state index contributed by atoms with van der Waals surface area (Å²) >= 11 is 2.84. The maximum Gasteiger partial charge on any atom is 0.262 e. The van der Waals surface area contributed by atoms with E-state index in [-0.39, 0.29) is 24.4 Å². The summed E-state index contributed by atoms with van der Waals surface area (Å²) in [7, 11) is 0. The average molecular weight is 423 g/mol. The predicted octanol–water partition coefficient (Wildman–Crippen LogP) is 4.19. The Kier molecular flexibility index (Phi) is 5.64. The highest BCUT2D eigenvalue weighted by Crippen LogP contribution is 2.27. The smallest absolute Gasteiger partial charge is 0.262 e. The number of carbonyl (C=O) groups is 1. The third-order valence-electron chi connectivity index (χ3n) is 4.42. The van der Waals surface area contributed by atoms with E-state index in [1.54, 1.807) is 17.0 Å². The van der Waals surface area contributed by atoms with E-state index in [1.165, 1.54) is 33.6 Å². The number of nitrogens with zero attached hydrogens (tertiary/aromatic N) is 4. The molecule has 4 aromatic rings. The first kappa shape index (κ1) is 19.2. The summed E-state index contributed by atoms with van der Waals surface area (Å²) in [6, 6.07) is 11.6. The molecule has 3 heterocycles. The molecule has 0 saturated heterocycles. The average Bonchev–Trinajstić information content (AvgIpc) is 3.42. The number of amides is 1. The molecule has 6 nitrogen and oxygen atoms in total. The SMILES string of the molecule is C=CCN(C(=O)CCn1cnc2sccc2c1=O)c1nc(-c2ccccc2)cs1. The minimum absolute atomic E-state index is 0.115. The van der Waals surface area contributed by atoms with Crippen molar-refractivity contribution in [2.75, 3.05) is 11.4 Å². The Balaban J connectivity index is 1.51. The highest BCUT2D eigenvalue weighted by atomic mass is 32.1. The quantitative estimate of drug-likeness (QED) is 0.419. The lowest BCUT2D eigenvalue weighted by Gasteiger charge is -2.18. The van der Waals surface area contributed by atoms with Gasteiger partial charge in [-0.3, -0.25) is 19.1 Å². The second-order valence-electron chi connectivity index (χ2n) is 6.31. The molecule has 0 N–H and O–H groups in total. The summed E-state index contributed by atoms with van der Waals surface area (Å²) in [5.41, 5.74) is 1.71. The molecule has 29 heavy (non-hydrogen) atoms. The van der Waals surface area contributed by atoms with Crippen LogP contribution in [0.2, 0.25) is 0 Å². The topological polar surface area (TPSA) is 68.1 Å². The molecule has 1 aromatic carbocycles. The number of fused-ring (bicyclic) bond motifs is 1. The molecule has 0 aliphatic carbocycles. The number of anilines is 1. The number of aromatic nitrogens is 3. The van der Waals surface area contributed by atoms with Crippen LogP contribution in [-0.4, -0.2) is 27.0 Å². The number of thiazole rings is 1. The maximum absolute atomic E-state index is 12.9. The van der Waals surface area contributed by atoms with Crippen LogP contribution in [-0.2, 0) is 11.3 Å². The van der Waals surface area contributed by atoms with Crippen molar-refractivity contribution >= 4 is 43.9 Å². The number of aryl methyl sites for hydroxylation is 1. The van der Waals surface area contributed by atoms with Crippen molar-refractivity contribution < 1.29 is 4.79 Å². The largest absolute Gasteiger partial charge is 0.298 e. The zero-order chi connectivity index (χ0) is 20.2. The van der Waals surface area contributed by atoms with E-state index < -0.39 is 0 Å². The third-order valence-corrected chi connectivity index (χ3v) is 6.11. The van der Waals surface area contributed by atoms with Gasteiger partial charge in [0.05, 0.1) is 17.4 Å². The Morgan fingerprint density at radius 1 is 1.21 bits per heavy atom. The summed E-state index contributed by atoms with van der Waals surface area (Å²) in [4.78, 5) is 36.6. The Morgan fingerprint density at radius 2 is 2.03 bits per heavy atom. The number of rotatable bonds is 7. The highest BCUT2D eigenvalue weighted by molar-refractivity contribution is 7.16. The lowest BCUT2D eigenvalue weighted by molar-refractivity contribution is -0.118. The molecule has 3 aromatic heterocycles. The van der Waals surface area contributed by atoms with Crippen LogP contribution in [0.25, 0.3) is 21.5 Å². The molecule has 0 bridgehead atoms. The van der Waals surface area contributed by atoms with Crippen molar-refractivity contribution in [3.63, 3.8) is 0 Å². The fraction of sp³-hybridized carbons (Fsp3) is 0.143. The zero-order valence-electron chi connectivity index (χ0n) is 15.5. The summed E-state index contributed by atoms with van der Waals surface area (Å²) in [5, 5.41) is 4.98. The van der Waals surface area contributed by atoms with Gasteiger partial charge >= 0.3 is 0 Å². The molecule has 0 fully saturated rings. The summed E-state index contributed by atoms with van der Waals surface area (Å²) in [6.45, 7) is 4.38. The van der Waals surface area contributed by atoms with Gasteiger partial charge in [0.2, 0.25) is 5.91 Å². The first-order valence-corrected chi connectivity index (χ1v) is 10.8. The van der Waals surface area contributed by atoms with Crippen molar-refractivity contribution in [1.82, 2.24) is 14.5 Å². The van der Waals surface area contributed by atoms with Crippen LogP contribution >= 0.6 is 22.7 Å². The van der Waals surface area contributed by atoms with Gasteiger partial charge in [-0.25, -0.2) is 9.97 Å². The molecular formula is C21H18N4O2S2. The highest BCUT2D eigenvalue weighted by Gasteiger charge is 2.19. The van der Waals surface area contributed by atoms with Gasteiger partial charge in [-0.15, -0.1) is 29.3 Å². The van der Waals surface area contributed by atoms with E-state index in [0.717, 1.165) is 11.3 Å². The molecule has 0 aliphatic heterocycles. The van der Waals surface area contributed by atoms with Crippen molar-refractivity contribution in [1.29, 1.82) is 0 Å². The van der Waals surface area contributed by atoms with E-state index >= 15 is 0 Å². The van der Waals surface area contributed by atoms with Crippen molar-refractivity contribution in [3.05, 3.63) is 76.5 Å². The fourth-order valence-electron chi connectivity index (χ4n) is 2.95. The summed E-state index contributed by atoms with van der Waals surface area (Å²) in [5.74, 6) is -0.115. The number of benzene rings is 1. The molecule has 0 saturated carbocycles. The van der Waals surface area contributed by atoms with E-state index in [9.17, 15) is 9.59 Å². The molecule has 0 spiro atoms. The van der Waals surface area contributed by atoms with E-state index in [2.05, 4.69) is 16.5 Å². The van der Waals surface area contributed by atoms with Gasteiger partial charge < -0.3 is 0 Å². The van der Waals surface area contributed by atoms with E-state index in [0.29, 0.717) is 21.9 Å². The first-order valence-electron chi connectivity index (χ1n) is 9.02. The van der Waals surface area contributed by atoms with Gasteiger partial charge in [0, 0.05) is 30.5 Å². The third kappa shape index (κ3) is 4.03. The Morgan fingerprint density at radius 3 is 2.83 bits per heavy atom. The van der Waals surface area contributed by atoms with Crippen LogP contribution in [0, 0.1) is 0 Å². The van der Waals surface area contributed by atoms with Crippen LogP contribution < -0.4 is 10.5 Å². The lowest BCUT2D eigenvalue weighted by atomic mass is 10.2. The molecule has 1 amide bonds. The molecule has 0 atom stereocenters. The van der Waals surface area contributed by atoms with Crippen LogP contribution in [0.15, 0.2) is 70.9 Å². The maximum atomic E-state index is 12.9.